The van der Waals surface area contributed by atoms with E-state index in [0.29, 0.717) is 6.54 Å². The Bertz CT molecular complexity index is 792. The zero-order chi connectivity index (χ0) is 16.4. The zero-order valence-corrected chi connectivity index (χ0v) is 12.9. The molecule has 2 aromatic heterocycles. The fourth-order valence-electron chi connectivity index (χ4n) is 2.59. The number of aliphatic hydroxyl groups excluding tert-OH is 1. The summed E-state index contributed by atoms with van der Waals surface area (Å²) in [6.07, 6.45) is 2.42. The second-order valence-corrected chi connectivity index (χ2v) is 5.66. The van der Waals surface area contributed by atoms with E-state index in [1.807, 2.05) is 36.4 Å². The molecule has 0 amide bonds. The Balaban J connectivity index is 1.33. The highest BCUT2D eigenvalue weighted by molar-refractivity contribution is 5.57. The normalized spacial score (nSPS) is 20.7. The number of aromatic nitrogens is 2. The third kappa shape index (κ3) is 3.21. The van der Waals surface area contributed by atoms with Gasteiger partial charge < -0.3 is 14.4 Å². The average Bonchev–Trinajstić information content (AvgIpc) is 3.26. The standard InChI is InChI=1S/C18H17N3O3/c22-15(12-6-8-19-9-7-12)11-20-18-17(23-18)14-10-16(24-21-14)13-4-2-1-3-5-13/h1-10,15,17-18,20,22H,11H2. The van der Waals surface area contributed by atoms with Crippen LogP contribution in [-0.2, 0) is 4.74 Å². The van der Waals surface area contributed by atoms with Crippen LogP contribution in [0, 0.1) is 0 Å². The number of ether oxygens (including phenoxy) is 1. The second kappa shape index (κ2) is 6.52. The first-order valence-corrected chi connectivity index (χ1v) is 7.80. The Labute approximate surface area is 139 Å². The van der Waals surface area contributed by atoms with Gasteiger partial charge in [0.1, 0.15) is 18.0 Å². The van der Waals surface area contributed by atoms with E-state index in [2.05, 4.69) is 15.5 Å². The van der Waals surface area contributed by atoms with E-state index in [1.54, 1.807) is 24.5 Å². The summed E-state index contributed by atoms with van der Waals surface area (Å²) in [4.78, 5) is 3.94. The van der Waals surface area contributed by atoms with Crippen LogP contribution in [0.5, 0.6) is 0 Å². The largest absolute Gasteiger partial charge is 0.387 e. The molecule has 2 N–H and O–H groups in total. The molecule has 6 heteroatoms. The van der Waals surface area contributed by atoms with Crippen LogP contribution < -0.4 is 5.32 Å². The minimum Gasteiger partial charge on any atom is -0.387 e. The van der Waals surface area contributed by atoms with Crippen molar-refractivity contribution in [3.63, 3.8) is 0 Å². The average molecular weight is 323 g/mol. The number of epoxide rings is 1. The SMILES string of the molecule is OC(CNC1OC1c1cc(-c2ccccc2)on1)c1ccncc1. The number of hydrogen-bond acceptors (Lipinski definition) is 6. The third-order valence-electron chi connectivity index (χ3n) is 3.97. The smallest absolute Gasteiger partial charge is 0.167 e. The molecular weight excluding hydrogens is 306 g/mol. The van der Waals surface area contributed by atoms with Crippen LogP contribution in [-0.4, -0.2) is 28.0 Å². The summed E-state index contributed by atoms with van der Waals surface area (Å²) in [6.45, 7) is 0.397. The van der Waals surface area contributed by atoms with Crippen molar-refractivity contribution in [1.82, 2.24) is 15.5 Å². The number of nitrogens with one attached hydrogen (secondary N) is 1. The van der Waals surface area contributed by atoms with Gasteiger partial charge in [0, 0.05) is 30.6 Å². The Morgan fingerprint density at radius 3 is 2.71 bits per heavy atom. The molecule has 0 spiro atoms. The Morgan fingerprint density at radius 2 is 1.92 bits per heavy atom. The predicted molar refractivity (Wildman–Crippen MR) is 86.8 cm³/mol. The van der Waals surface area contributed by atoms with Gasteiger partial charge in [-0.25, -0.2) is 0 Å². The molecule has 0 aliphatic carbocycles. The number of aliphatic hydroxyl groups is 1. The van der Waals surface area contributed by atoms with Crippen LogP contribution >= 0.6 is 0 Å². The van der Waals surface area contributed by atoms with Crippen LogP contribution in [0.4, 0.5) is 0 Å². The first-order valence-electron chi connectivity index (χ1n) is 7.80. The van der Waals surface area contributed by atoms with Crippen molar-refractivity contribution in [2.24, 2.45) is 0 Å². The third-order valence-corrected chi connectivity index (χ3v) is 3.97. The summed E-state index contributed by atoms with van der Waals surface area (Å²) in [7, 11) is 0. The van der Waals surface area contributed by atoms with E-state index in [1.165, 1.54) is 0 Å². The maximum atomic E-state index is 10.1. The van der Waals surface area contributed by atoms with Crippen molar-refractivity contribution < 1.29 is 14.4 Å². The number of hydrogen-bond donors (Lipinski definition) is 2. The summed E-state index contributed by atoms with van der Waals surface area (Å²) in [5, 5.41) is 17.4. The minimum atomic E-state index is -0.602. The number of pyridine rings is 1. The molecule has 1 aromatic carbocycles. The van der Waals surface area contributed by atoms with Crippen LogP contribution in [0.3, 0.4) is 0 Å². The van der Waals surface area contributed by atoms with Gasteiger partial charge in [-0.05, 0) is 17.7 Å². The molecule has 1 aliphatic heterocycles. The van der Waals surface area contributed by atoms with E-state index in [9.17, 15) is 5.11 Å². The predicted octanol–water partition coefficient (Wildman–Crippen LogP) is 2.46. The molecule has 3 atom stereocenters. The molecule has 0 radical (unpaired) electrons. The first kappa shape index (κ1) is 15.0. The summed E-state index contributed by atoms with van der Waals surface area (Å²) >= 11 is 0. The van der Waals surface area contributed by atoms with E-state index < -0.39 is 6.10 Å². The van der Waals surface area contributed by atoms with Crippen LogP contribution in [0.25, 0.3) is 11.3 Å². The Hall–Kier alpha value is -2.54. The molecule has 122 valence electrons. The second-order valence-electron chi connectivity index (χ2n) is 5.66. The first-order chi connectivity index (χ1) is 11.8. The van der Waals surface area contributed by atoms with Gasteiger partial charge in [0.2, 0.25) is 0 Å². The van der Waals surface area contributed by atoms with E-state index in [4.69, 9.17) is 9.26 Å². The summed E-state index contributed by atoms with van der Waals surface area (Å²) < 4.78 is 11.0. The zero-order valence-electron chi connectivity index (χ0n) is 12.9. The van der Waals surface area contributed by atoms with Gasteiger partial charge in [0.15, 0.2) is 5.76 Å². The molecule has 0 bridgehead atoms. The molecule has 0 saturated carbocycles. The van der Waals surface area contributed by atoms with Crippen molar-refractivity contribution in [1.29, 1.82) is 0 Å². The highest BCUT2D eigenvalue weighted by Gasteiger charge is 2.42. The lowest BCUT2D eigenvalue weighted by Crippen LogP contribution is -2.24. The fraction of sp³-hybridized carbons (Fsp3) is 0.222. The van der Waals surface area contributed by atoms with Crippen molar-refractivity contribution >= 4 is 0 Å². The van der Waals surface area contributed by atoms with Gasteiger partial charge in [-0.15, -0.1) is 0 Å². The van der Waals surface area contributed by atoms with Gasteiger partial charge in [-0.3, -0.25) is 10.3 Å². The summed E-state index contributed by atoms with van der Waals surface area (Å²) in [5.41, 5.74) is 2.56. The molecule has 3 unspecified atom stereocenters. The highest BCUT2D eigenvalue weighted by atomic mass is 16.6. The maximum absolute atomic E-state index is 10.1. The Morgan fingerprint density at radius 1 is 1.12 bits per heavy atom. The molecule has 1 fully saturated rings. The summed E-state index contributed by atoms with van der Waals surface area (Å²) in [6, 6.07) is 15.3. The van der Waals surface area contributed by atoms with Crippen molar-refractivity contribution in [3.05, 3.63) is 72.2 Å². The van der Waals surface area contributed by atoms with Gasteiger partial charge in [0.05, 0.1) is 6.10 Å². The molecule has 1 aliphatic rings. The van der Waals surface area contributed by atoms with E-state index in [0.717, 1.165) is 22.6 Å². The molecular formula is C18H17N3O3. The quantitative estimate of drug-likeness (QED) is 0.678. The van der Waals surface area contributed by atoms with Crippen molar-refractivity contribution in [2.45, 2.75) is 18.4 Å². The topological polar surface area (TPSA) is 83.7 Å². The summed E-state index contributed by atoms with van der Waals surface area (Å²) in [5.74, 6) is 0.719. The highest BCUT2D eigenvalue weighted by Crippen LogP contribution is 2.37. The van der Waals surface area contributed by atoms with Crippen LogP contribution in [0.2, 0.25) is 0 Å². The maximum Gasteiger partial charge on any atom is 0.167 e. The number of benzene rings is 1. The van der Waals surface area contributed by atoms with Gasteiger partial charge in [-0.1, -0.05) is 35.5 Å². The monoisotopic (exact) mass is 323 g/mol. The number of nitrogens with zero attached hydrogens (tertiary/aromatic N) is 2. The Kier molecular flexibility index (Phi) is 4.08. The lowest BCUT2D eigenvalue weighted by molar-refractivity contribution is 0.167. The van der Waals surface area contributed by atoms with Gasteiger partial charge in [0.25, 0.3) is 0 Å². The van der Waals surface area contributed by atoms with E-state index >= 15 is 0 Å². The van der Waals surface area contributed by atoms with Gasteiger partial charge >= 0.3 is 0 Å². The number of rotatable bonds is 6. The van der Waals surface area contributed by atoms with Crippen molar-refractivity contribution in [2.75, 3.05) is 6.54 Å². The minimum absolute atomic E-state index is 0.143. The lowest BCUT2D eigenvalue weighted by atomic mass is 10.1. The van der Waals surface area contributed by atoms with Crippen molar-refractivity contribution in [3.8, 4) is 11.3 Å². The van der Waals surface area contributed by atoms with Gasteiger partial charge in [-0.2, -0.15) is 0 Å². The molecule has 3 aromatic rings. The molecule has 6 nitrogen and oxygen atoms in total. The molecule has 4 rings (SSSR count). The fourth-order valence-corrected chi connectivity index (χ4v) is 2.59. The van der Waals surface area contributed by atoms with Crippen LogP contribution in [0.1, 0.15) is 23.5 Å². The molecule has 1 saturated heterocycles. The lowest BCUT2D eigenvalue weighted by Gasteiger charge is -2.10. The van der Waals surface area contributed by atoms with E-state index in [-0.39, 0.29) is 12.3 Å². The molecule has 24 heavy (non-hydrogen) atoms. The molecule has 3 heterocycles. The van der Waals surface area contributed by atoms with Crippen LogP contribution in [0.15, 0.2) is 65.4 Å².